The van der Waals surface area contributed by atoms with E-state index in [0.29, 0.717) is 11.1 Å². The van der Waals surface area contributed by atoms with Gasteiger partial charge in [-0.2, -0.15) is 0 Å². The maximum atomic E-state index is 12.6. The van der Waals surface area contributed by atoms with Gasteiger partial charge in [0.25, 0.3) is 5.56 Å². The number of pyridine rings is 1. The van der Waals surface area contributed by atoms with Crippen LogP contribution in [0.5, 0.6) is 5.75 Å². The molecule has 0 aliphatic heterocycles. The van der Waals surface area contributed by atoms with E-state index in [0.717, 1.165) is 0 Å². The molecular formula is C16H11NO4. The molecule has 0 bridgehead atoms. The third kappa shape index (κ3) is 2.14. The number of carboxylic acid groups (broad SMARTS) is 1. The molecule has 1 aromatic heterocycles. The summed E-state index contributed by atoms with van der Waals surface area (Å²) in [6.45, 7) is 0. The second kappa shape index (κ2) is 4.79. The smallest absolute Gasteiger partial charge is 0.336 e. The Labute approximate surface area is 119 Å². The lowest BCUT2D eigenvalue weighted by atomic mass is 10.1. The molecule has 1 heterocycles. The van der Waals surface area contributed by atoms with Gasteiger partial charge in [-0.25, -0.2) is 4.79 Å². The van der Waals surface area contributed by atoms with Gasteiger partial charge in [0.1, 0.15) is 5.75 Å². The second-order valence-corrected chi connectivity index (χ2v) is 4.58. The van der Waals surface area contributed by atoms with Gasteiger partial charge in [0.2, 0.25) is 0 Å². The number of carbonyl (C=O) groups is 1. The van der Waals surface area contributed by atoms with Crippen LogP contribution in [0.1, 0.15) is 10.4 Å². The van der Waals surface area contributed by atoms with Crippen LogP contribution in [0.4, 0.5) is 0 Å². The van der Waals surface area contributed by atoms with Crippen LogP contribution in [0.15, 0.2) is 59.5 Å². The molecule has 3 rings (SSSR count). The van der Waals surface area contributed by atoms with E-state index in [1.807, 2.05) is 0 Å². The van der Waals surface area contributed by atoms with Crippen LogP contribution in [0.3, 0.4) is 0 Å². The fourth-order valence-electron chi connectivity index (χ4n) is 2.29. The molecule has 3 aromatic rings. The summed E-state index contributed by atoms with van der Waals surface area (Å²) in [5.41, 5.74) is 0.127. The topological polar surface area (TPSA) is 79.5 Å². The number of phenols is 1. The van der Waals surface area contributed by atoms with Gasteiger partial charge in [-0.3, -0.25) is 9.36 Å². The largest absolute Gasteiger partial charge is 0.508 e. The van der Waals surface area contributed by atoms with Crippen LogP contribution in [0.2, 0.25) is 0 Å². The lowest BCUT2D eigenvalue weighted by molar-refractivity contribution is 0.0699. The number of fused-ring (bicyclic) bond motifs is 1. The van der Waals surface area contributed by atoms with Gasteiger partial charge in [0, 0.05) is 11.9 Å². The average molecular weight is 281 g/mol. The van der Waals surface area contributed by atoms with Gasteiger partial charge in [0.15, 0.2) is 0 Å². The highest BCUT2D eigenvalue weighted by Gasteiger charge is 2.13. The Morgan fingerprint density at radius 1 is 1.00 bits per heavy atom. The average Bonchev–Trinajstić information content (AvgIpc) is 2.48. The molecule has 2 N–H and O–H groups in total. The molecule has 0 saturated heterocycles. The minimum atomic E-state index is -1.14. The van der Waals surface area contributed by atoms with Gasteiger partial charge < -0.3 is 10.2 Å². The van der Waals surface area contributed by atoms with E-state index >= 15 is 0 Å². The van der Waals surface area contributed by atoms with Crippen LogP contribution >= 0.6 is 0 Å². The zero-order valence-electron chi connectivity index (χ0n) is 10.9. The fourth-order valence-corrected chi connectivity index (χ4v) is 2.29. The third-order valence-electron chi connectivity index (χ3n) is 3.29. The summed E-state index contributed by atoms with van der Waals surface area (Å²) in [6.07, 6.45) is 1.59. The minimum Gasteiger partial charge on any atom is -0.508 e. The first-order chi connectivity index (χ1) is 10.1. The Balaban J connectivity index is 2.34. The predicted molar refractivity (Wildman–Crippen MR) is 78.2 cm³/mol. The SMILES string of the molecule is O=C(O)c1cccc2ccn(-c3ccc(O)cc3)c(=O)c12. The predicted octanol–water partition coefficient (Wildman–Crippen LogP) is 2.39. The van der Waals surface area contributed by atoms with Crippen molar-refractivity contribution in [3.63, 3.8) is 0 Å². The van der Waals surface area contributed by atoms with E-state index in [1.165, 1.54) is 22.8 Å². The first-order valence-corrected chi connectivity index (χ1v) is 6.25. The highest BCUT2D eigenvalue weighted by atomic mass is 16.4. The lowest BCUT2D eigenvalue weighted by Gasteiger charge is -2.09. The highest BCUT2D eigenvalue weighted by molar-refractivity contribution is 6.03. The molecule has 0 aliphatic carbocycles. The molecule has 0 aliphatic rings. The number of benzene rings is 2. The third-order valence-corrected chi connectivity index (χ3v) is 3.29. The summed E-state index contributed by atoms with van der Waals surface area (Å²) in [4.78, 5) is 23.9. The maximum Gasteiger partial charge on any atom is 0.336 e. The van der Waals surface area contributed by atoms with Gasteiger partial charge in [0.05, 0.1) is 10.9 Å². The lowest BCUT2D eigenvalue weighted by Crippen LogP contribution is -2.19. The summed E-state index contributed by atoms with van der Waals surface area (Å²) < 4.78 is 1.36. The molecule has 0 fully saturated rings. The van der Waals surface area contributed by atoms with Crippen LogP contribution in [0, 0.1) is 0 Å². The van der Waals surface area contributed by atoms with E-state index in [1.54, 1.807) is 36.5 Å². The summed E-state index contributed by atoms with van der Waals surface area (Å²) >= 11 is 0. The molecule has 104 valence electrons. The van der Waals surface area contributed by atoms with Crippen LogP contribution in [0.25, 0.3) is 16.5 Å². The van der Waals surface area contributed by atoms with Gasteiger partial charge in [-0.05, 0) is 41.8 Å². The normalized spacial score (nSPS) is 10.7. The van der Waals surface area contributed by atoms with Gasteiger partial charge in [-0.15, -0.1) is 0 Å². The molecule has 0 saturated carbocycles. The number of aromatic hydroxyl groups is 1. The van der Waals surface area contributed by atoms with Crippen LogP contribution in [-0.2, 0) is 0 Å². The molecule has 5 heteroatoms. The van der Waals surface area contributed by atoms with E-state index in [9.17, 15) is 19.8 Å². The Morgan fingerprint density at radius 2 is 1.71 bits per heavy atom. The molecule has 0 unspecified atom stereocenters. The Hall–Kier alpha value is -3.08. The first-order valence-electron chi connectivity index (χ1n) is 6.25. The van der Waals surface area contributed by atoms with E-state index < -0.39 is 11.5 Å². The van der Waals surface area contributed by atoms with Crippen molar-refractivity contribution in [2.45, 2.75) is 0 Å². The molecule has 0 spiro atoms. The Bertz CT molecular complexity index is 894. The monoisotopic (exact) mass is 281 g/mol. The van der Waals surface area contributed by atoms with Gasteiger partial charge in [-0.1, -0.05) is 12.1 Å². The van der Waals surface area contributed by atoms with E-state index in [2.05, 4.69) is 0 Å². The highest BCUT2D eigenvalue weighted by Crippen LogP contribution is 2.17. The van der Waals surface area contributed by atoms with Crippen molar-refractivity contribution in [1.29, 1.82) is 0 Å². The number of nitrogens with zero attached hydrogens (tertiary/aromatic N) is 1. The Kier molecular flexibility index (Phi) is 2.95. The van der Waals surface area contributed by atoms with Gasteiger partial charge >= 0.3 is 5.97 Å². The standard InChI is InChI=1S/C16H11NO4/c18-12-6-4-11(5-7-12)17-9-8-10-2-1-3-13(16(20)21)14(10)15(17)19/h1-9,18H,(H,20,21). The first kappa shape index (κ1) is 12.9. The molecule has 0 atom stereocenters. The number of phenolic OH excluding ortho intramolecular Hbond substituents is 1. The molecule has 0 radical (unpaired) electrons. The van der Waals surface area contributed by atoms with Crippen LogP contribution in [-0.4, -0.2) is 20.7 Å². The zero-order valence-corrected chi connectivity index (χ0v) is 10.9. The summed E-state index contributed by atoms with van der Waals surface area (Å²) in [7, 11) is 0. The summed E-state index contributed by atoms with van der Waals surface area (Å²) in [5, 5.41) is 19.3. The number of aromatic nitrogens is 1. The van der Waals surface area contributed by atoms with Crippen molar-refractivity contribution in [3.8, 4) is 11.4 Å². The van der Waals surface area contributed by atoms with Crippen molar-refractivity contribution in [2.24, 2.45) is 0 Å². The number of rotatable bonds is 2. The molecule has 5 nitrogen and oxygen atoms in total. The number of hydrogen-bond donors (Lipinski definition) is 2. The second-order valence-electron chi connectivity index (χ2n) is 4.58. The van der Waals surface area contributed by atoms with Crippen molar-refractivity contribution in [2.75, 3.05) is 0 Å². The van der Waals surface area contributed by atoms with Crippen molar-refractivity contribution in [3.05, 3.63) is 70.6 Å². The van der Waals surface area contributed by atoms with E-state index in [4.69, 9.17) is 0 Å². The van der Waals surface area contributed by atoms with E-state index in [-0.39, 0.29) is 16.7 Å². The maximum absolute atomic E-state index is 12.6. The minimum absolute atomic E-state index is 0.0226. The van der Waals surface area contributed by atoms with Crippen molar-refractivity contribution >= 4 is 16.7 Å². The Morgan fingerprint density at radius 3 is 2.38 bits per heavy atom. The number of carboxylic acids is 1. The zero-order chi connectivity index (χ0) is 15.0. The molecule has 0 amide bonds. The fraction of sp³-hybridized carbons (Fsp3) is 0. The van der Waals surface area contributed by atoms with Crippen LogP contribution < -0.4 is 5.56 Å². The molecule has 2 aromatic carbocycles. The number of aromatic carboxylic acids is 1. The quantitative estimate of drug-likeness (QED) is 0.756. The molecule has 21 heavy (non-hydrogen) atoms. The summed E-state index contributed by atoms with van der Waals surface area (Å²) in [5.74, 6) is -1.04. The van der Waals surface area contributed by atoms with Crippen molar-refractivity contribution < 1.29 is 15.0 Å². The van der Waals surface area contributed by atoms with Crippen molar-refractivity contribution in [1.82, 2.24) is 4.57 Å². The number of hydrogen-bond acceptors (Lipinski definition) is 3. The molecular weight excluding hydrogens is 270 g/mol. The summed E-state index contributed by atoms with van der Waals surface area (Å²) in [6, 6.07) is 12.5.